The van der Waals surface area contributed by atoms with Crippen molar-refractivity contribution in [2.75, 3.05) is 0 Å². The van der Waals surface area contributed by atoms with Crippen LogP contribution in [0.25, 0.3) is 11.0 Å². The Labute approximate surface area is 117 Å². The number of ether oxygens (including phenoxy) is 1. The Bertz CT molecular complexity index is 754. The summed E-state index contributed by atoms with van der Waals surface area (Å²) in [5.41, 5.74) is 2.80. The van der Waals surface area contributed by atoms with Crippen molar-refractivity contribution in [2.45, 2.75) is 13.0 Å². The van der Waals surface area contributed by atoms with Crippen LogP contribution in [0.4, 0.5) is 0 Å². The second kappa shape index (κ2) is 5.50. The predicted octanol–water partition coefficient (Wildman–Crippen LogP) is 4.08. The molecule has 2 aromatic carbocycles. The van der Waals surface area contributed by atoms with E-state index in [9.17, 15) is 0 Å². The van der Waals surface area contributed by atoms with E-state index in [2.05, 4.69) is 6.07 Å². The van der Waals surface area contributed by atoms with E-state index >= 15 is 0 Å². The summed E-state index contributed by atoms with van der Waals surface area (Å²) in [6.45, 7) is 0.526. The van der Waals surface area contributed by atoms with E-state index in [0.717, 1.165) is 27.8 Å². The van der Waals surface area contributed by atoms with Crippen LogP contribution < -0.4 is 4.74 Å². The summed E-state index contributed by atoms with van der Waals surface area (Å²) in [5.74, 6) is 0.780. The first-order chi connectivity index (χ1) is 9.86. The number of nitriles is 1. The molecule has 0 saturated heterocycles. The molecule has 0 spiro atoms. The van der Waals surface area contributed by atoms with Gasteiger partial charge < -0.3 is 9.15 Å². The number of furan rings is 1. The highest BCUT2D eigenvalue weighted by Crippen LogP contribution is 2.26. The third-order valence-electron chi connectivity index (χ3n) is 3.14. The molecule has 0 aliphatic carbocycles. The minimum absolute atomic E-state index is 0.342. The fourth-order valence-corrected chi connectivity index (χ4v) is 2.11. The fourth-order valence-electron chi connectivity index (χ4n) is 2.11. The average molecular weight is 263 g/mol. The predicted molar refractivity (Wildman–Crippen MR) is 76.3 cm³/mol. The lowest BCUT2D eigenvalue weighted by Crippen LogP contribution is -1.94. The lowest BCUT2D eigenvalue weighted by Gasteiger charge is -2.06. The van der Waals surface area contributed by atoms with Crippen molar-refractivity contribution in [1.82, 2.24) is 0 Å². The van der Waals surface area contributed by atoms with Crippen molar-refractivity contribution >= 4 is 11.0 Å². The van der Waals surface area contributed by atoms with Crippen molar-refractivity contribution in [3.05, 3.63) is 65.9 Å². The molecule has 98 valence electrons. The molecule has 1 heterocycles. The topological polar surface area (TPSA) is 46.2 Å². The molecule has 0 bridgehead atoms. The van der Waals surface area contributed by atoms with E-state index < -0.39 is 0 Å². The molecule has 0 radical (unpaired) electrons. The van der Waals surface area contributed by atoms with Gasteiger partial charge in [0.1, 0.15) is 17.9 Å². The fraction of sp³-hybridized carbons (Fsp3) is 0.118. The molecule has 0 N–H and O–H groups in total. The molecular weight excluding hydrogens is 250 g/mol. The van der Waals surface area contributed by atoms with Gasteiger partial charge in [0, 0.05) is 10.9 Å². The van der Waals surface area contributed by atoms with Crippen LogP contribution in [0, 0.1) is 11.3 Å². The molecule has 3 nitrogen and oxygen atoms in total. The highest BCUT2D eigenvalue weighted by atomic mass is 16.5. The zero-order valence-corrected chi connectivity index (χ0v) is 10.9. The summed E-state index contributed by atoms with van der Waals surface area (Å²) in [7, 11) is 0. The molecule has 0 unspecified atom stereocenters. The summed E-state index contributed by atoms with van der Waals surface area (Å²) in [5, 5.41) is 9.74. The van der Waals surface area contributed by atoms with Gasteiger partial charge in [-0.25, -0.2) is 0 Å². The first-order valence-electron chi connectivity index (χ1n) is 6.40. The normalized spacial score (nSPS) is 10.3. The van der Waals surface area contributed by atoms with Crippen molar-refractivity contribution in [1.29, 1.82) is 5.26 Å². The van der Waals surface area contributed by atoms with E-state index in [1.54, 1.807) is 6.26 Å². The van der Waals surface area contributed by atoms with Crippen LogP contribution in [0.15, 0.2) is 59.2 Å². The molecule has 0 saturated carbocycles. The van der Waals surface area contributed by atoms with Gasteiger partial charge in [0.15, 0.2) is 0 Å². The van der Waals surface area contributed by atoms with Crippen LogP contribution in [-0.4, -0.2) is 0 Å². The minimum atomic E-state index is 0.342. The van der Waals surface area contributed by atoms with Crippen LogP contribution in [0.5, 0.6) is 5.75 Å². The van der Waals surface area contributed by atoms with Gasteiger partial charge in [-0.2, -0.15) is 5.26 Å². The quantitative estimate of drug-likeness (QED) is 0.712. The van der Waals surface area contributed by atoms with Crippen molar-refractivity contribution in [2.24, 2.45) is 0 Å². The van der Waals surface area contributed by atoms with Gasteiger partial charge in [0.05, 0.1) is 18.8 Å². The minimum Gasteiger partial charge on any atom is -0.489 e. The zero-order valence-electron chi connectivity index (χ0n) is 10.9. The van der Waals surface area contributed by atoms with E-state index in [4.69, 9.17) is 14.4 Å². The summed E-state index contributed by atoms with van der Waals surface area (Å²) in [6, 6.07) is 17.8. The van der Waals surface area contributed by atoms with Crippen LogP contribution in [0.3, 0.4) is 0 Å². The summed E-state index contributed by atoms with van der Waals surface area (Å²) in [4.78, 5) is 0. The van der Waals surface area contributed by atoms with E-state index in [1.165, 1.54) is 0 Å². The van der Waals surface area contributed by atoms with Crippen molar-refractivity contribution < 1.29 is 9.15 Å². The molecule has 3 aromatic rings. The molecule has 3 rings (SSSR count). The highest BCUT2D eigenvalue weighted by molar-refractivity contribution is 5.82. The Balaban J connectivity index is 1.82. The van der Waals surface area contributed by atoms with E-state index in [0.29, 0.717) is 13.0 Å². The Kier molecular flexibility index (Phi) is 3.38. The Hall–Kier alpha value is -2.73. The third kappa shape index (κ3) is 2.50. The number of benzene rings is 2. The number of fused-ring (bicyclic) bond motifs is 1. The van der Waals surface area contributed by atoms with Crippen molar-refractivity contribution in [3.8, 4) is 11.8 Å². The van der Waals surface area contributed by atoms with Crippen LogP contribution in [0.1, 0.15) is 11.1 Å². The largest absolute Gasteiger partial charge is 0.489 e. The van der Waals surface area contributed by atoms with E-state index in [1.807, 2.05) is 48.5 Å². The smallest absolute Gasteiger partial charge is 0.134 e. The molecular formula is C17H13NO2. The van der Waals surface area contributed by atoms with Crippen molar-refractivity contribution in [3.63, 3.8) is 0 Å². The summed E-state index contributed by atoms with van der Waals surface area (Å²) < 4.78 is 11.2. The number of hydrogen-bond acceptors (Lipinski definition) is 3. The van der Waals surface area contributed by atoms with E-state index in [-0.39, 0.29) is 0 Å². The lowest BCUT2D eigenvalue weighted by atomic mass is 10.1. The summed E-state index contributed by atoms with van der Waals surface area (Å²) in [6.07, 6.45) is 1.98. The van der Waals surface area contributed by atoms with Crippen LogP contribution in [0.2, 0.25) is 0 Å². The maximum Gasteiger partial charge on any atom is 0.134 e. The number of nitrogens with zero attached hydrogens (tertiary/aromatic N) is 1. The number of rotatable bonds is 4. The van der Waals surface area contributed by atoms with Crippen LogP contribution in [-0.2, 0) is 13.0 Å². The second-order valence-corrected chi connectivity index (χ2v) is 4.53. The SMILES string of the molecule is N#CCc1coc2ccc(OCc3ccccc3)cc12. The van der Waals surface area contributed by atoms with Gasteiger partial charge in [-0.3, -0.25) is 0 Å². The van der Waals surface area contributed by atoms with Gasteiger partial charge in [0.2, 0.25) is 0 Å². The molecule has 0 aliphatic heterocycles. The first kappa shape index (κ1) is 12.3. The second-order valence-electron chi connectivity index (χ2n) is 4.53. The molecule has 1 aromatic heterocycles. The standard InChI is InChI=1S/C17H13NO2/c18-9-8-14-12-20-17-7-6-15(10-16(14)17)19-11-13-4-2-1-3-5-13/h1-7,10,12H,8,11H2. The highest BCUT2D eigenvalue weighted by Gasteiger charge is 2.07. The van der Waals surface area contributed by atoms with Gasteiger partial charge in [-0.15, -0.1) is 0 Å². The summed E-state index contributed by atoms with van der Waals surface area (Å²) >= 11 is 0. The monoisotopic (exact) mass is 263 g/mol. The molecule has 20 heavy (non-hydrogen) atoms. The third-order valence-corrected chi connectivity index (χ3v) is 3.14. The Morgan fingerprint density at radius 2 is 1.95 bits per heavy atom. The molecule has 0 amide bonds. The van der Waals surface area contributed by atoms with Gasteiger partial charge in [-0.05, 0) is 23.8 Å². The molecule has 0 aliphatic rings. The zero-order chi connectivity index (χ0) is 13.8. The maximum atomic E-state index is 8.80. The Morgan fingerprint density at radius 1 is 1.10 bits per heavy atom. The average Bonchev–Trinajstić information content (AvgIpc) is 2.89. The first-order valence-corrected chi connectivity index (χ1v) is 6.40. The van der Waals surface area contributed by atoms with Gasteiger partial charge in [-0.1, -0.05) is 30.3 Å². The Morgan fingerprint density at radius 3 is 2.75 bits per heavy atom. The van der Waals surface area contributed by atoms with Gasteiger partial charge in [0.25, 0.3) is 0 Å². The molecule has 0 atom stereocenters. The molecule has 0 fully saturated rings. The molecule has 3 heteroatoms. The van der Waals surface area contributed by atoms with Crippen LogP contribution >= 0.6 is 0 Å². The number of hydrogen-bond donors (Lipinski definition) is 0. The maximum absolute atomic E-state index is 8.80. The lowest BCUT2D eigenvalue weighted by molar-refractivity contribution is 0.306. The van der Waals surface area contributed by atoms with Gasteiger partial charge >= 0.3 is 0 Å².